The smallest absolute Gasteiger partial charge is 0.331 e. The van der Waals surface area contributed by atoms with Gasteiger partial charge in [-0.2, -0.15) is 0 Å². The highest BCUT2D eigenvalue weighted by Crippen LogP contribution is 2.59. The fourth-order valence-electron chi connectivity index (χ4n) is 2.59. The fourth-order valence-corrected chi connectivity index (χ4v) is 2.59. The Hall–Kier alpha value is -0.790. The first-order chi connectivity index (χ1) is 5.53. The van der Waals surface area contributed by atoms with Crippen molar-refractivity contribution in [2.75, 3.05) is 0 Å². The van der Waals surface area contributed by atoms with Crippen molar-refractivity contribution in [2.24, 2.45) is 17.3 Å². The summed E-state index contributed by atoms with van der Waals surface area (Å²) in [5.41, 5.74) is 0.894. The van der Waals surface area contributed by atoms with Gasteiger partial charge in [-0.05, 0) is 30.1 Å². The normalized spacial score (nSPS) is 36.7. The lowest BCUT2D eigenvalue weighted by atomic mass is 9.49. The molecular weight excluding hydrogens is 152 g/mol. The minimum Gasteiger partial charge on any atom is -0.478 e. The second kappa shape index (κ2) is 2.12. The van der Waals surface area contributed by atoms with Gasteiger partial charge >= 0.3 is 5.97 Å². The van der Waals surface area contributed by atoms with Crippen LogP contribution >= 0.6 is 0 Å². The van der Waals surface area contributed by atoms with Crippen molar-refractivity contribution in [3.63, 3.8) is 0 Å². The average Bonchev–Trinajstić information content (AvgIpc) is 2.04. The van der Waals surface area contributed by atoms with E-state index in [1.54, 1.807) is 0 Å². The van der Waals surface area contributed by atoms with Crippen molar-refractivity contribution in [1.29, 1.82) is 0 Å². The highest BCUT2D eigenvalue weighted by Gasteiger charge is 2.52. The first kappa shape index (κ1) is 7.84. The Labute approximate surface area is 72.3 Å². The summed E-state index contributed by atoms with van der Waals surface area (Å²) < 4.78 is 0. The maximum absolute atomic E-state index is 10.8. The van der Waals surface area contributed by atoms with Crippen LogP contribution in [0.2, 0.25) is 0 Å². The summed E-state index contributed by atoms with van der Waals surface area (Å²) in [7, 11) is 0. The Morgan fingerprint density at radius 3 is 2.67 bits per heavy atom. The predicted molar refractivity (Wildman–Crippen MR) is 45.7 cm³/mol. The van der Waals surface area contributed by atoms with E-state index < -0.39 is 5.97 Å². The van der Waals surface area contributed by atoms with E-state index in [4.69, 9.17) is 5.11 Å². The highest BCUT2D eigenvalue weighted by molar-refractivity contribution is 5.88. The summed E-state index contributed by atoms with van der Waals surface area (Å²) in [6.45, 7) is 4.36. The molecule has 3 rings (SSSR count). The van der Waals surface area contributed by atoms with E-state index in [0.717, 1.165) is 18.8 Å². The van der Waals surface area contributed by atoms with E-state index in [1.165, 1.54) is 0 Å². The standard InChI is InChI=1S/C10H14O2/c1-10(2)6-3-4-7(9(11)12)8(10)5-6/h4,6,8H,3,5H2,1-2H3,(H,11,12)/t6-,8-/m1/s1. The second-order valence-corrected chi connectivity index (χ2v) is 4.51. The molecule has 0 saturated heterocycles. The molecule has 0 aromatic rings. The zero-order chi connectivity index (χ0) is 8.93. The van der Waals surface area contributed by atoms with E-state index in [2.05, 4.69) is 13.8 Å². The molecule has 0 spiro atoms. The number of hydrogen-bond acceptors (Lipinski definition) is 1. The molecular formula is C10H14O2. The molecule has 0 aliphatic heterocycles. The van der Waals surface area contributed by atoms with Crippen LogP contribution in [0.4, 0.5) is 0 Å². The topological polar surface area (TPSA) is 37.3 Å². The van der Waals surface area contributed by atoms with E-state index in [9.17, 15) is 4.79 Å². The van der Waals surface area contributed by atoms with Gasteiger partial charge in [-0.25, -0.2) is 4.79 Å². The Morgan fingerprint density at radius 1 is 1.67 bits per heavy atom. The minimum atomic E-state index is -0.716. The highest BCUT2D eigenvalue weighted by atomic mass is 16.4. The number of carbonyl (C=O) groups is 1. The lowest BCUT2D eigenvalue weighted by molar-refractivity contribution is -0.136. The summed E-state index contributed by atoms with van der Waals surface area (Å²) in [5.74, 6) is 0.325. The monoisotopic (exact) mass is 166 g/mol. The molecule has 0 aromatic heterocycles. The van der Waals surface area contributed by atoms with Crippen molar-refractivity contribution in [3.05, 3.63) is 11.6 Å². The maximum atomic E-state index is 10.8. The van der Waals surface area contributed by atoms with E-state index in [1.807, 2.05) is 6.08 Å². The Balaban J connectivity index is 2.30. The summed E-state index contributed by atoms with van der Waals surface area (Å²) in [4.78, 5) is 10.8. The molecule has 2 bridgehead atoms. The summed E-state index contributed by atoms with van der Waals surface area (Å²) in [5, 5.41) is 8.90. The van der Waals surface area contributed by atoms with Crippen LogP contribution in [-0.4, -0.2) is 11.1 Å². The largest absolute Gasteiger partial charge is 0.478 e. The molecule has 2 nitrogen and oxygen atoms in total. The number of hydrogen-bond donors (Lipinski definition) is 1. The predicted octanol–water partition coefficient (Wildman–Crippen LogP) is 2.06. The number of aliphatic carboxylic acids is 1. The first-order valence-electron chi connectivity index (χ1n) is 4.47. The summed E-state index contributed by atoms with van der Waals surface area (Å²) in [6.07, 6.45) is 3.96. The average molecular weight is 166 g/mol. The van der Waals surface area contributed by atoms with Gasteiger partial charge in [-0.3, -0.25) is 0 Å². The maximum Gasteiger partial charge on any atom is 0.331 e. The summed E-state index contributed by atoms with van der Waals surface area (Å²) >= 11 is 0. The Bertz CT molecular complexity index is 263. The van der Waals surface area contributed by atoms with Crippen molar-refractivity contribution in [3.8, 4) is 0 Å². The fraction of sp³-hybridized carbons (Fsp3) is 0.700. The molecule has 1 fully saturated rings. The number of fused-ring (bicyclic) bond motifs is 1. The van der Waals surface area contributed by atoms with Crippen LogP contribution in [0.15, 0.2) is 11.6 Å². The summed E-state index contributed by atoms with van der Waals surface area (Å²) in [6, 6.07) is 0. The van der Waals surface area contributed by atoms with Gasteiger partial charge in [0.15, 0.2) is 0 Å². The van der Waals surface area contributed by atoms with Gasteiger partial charge < -0.3 is 5.11 Å². The van der Waals surface area contributed by atoms with Gasteiger partial charge in [0.05, 0.1) is 0 Å². The molecule has 2 heteroatoms. The minimum absolute atomic E-state index is 0.239. The van der Waals surface area contributed by atoms with Crippen LogP contribution in [0.5, 0.6) is 0 Å². The van der Waals surface area contributed by atoms with Gasteiger partial charge in [0, 0.05) is 5.57 Å². The van der Waals surface area contributed by atoms with Crippen LogP contribution in [0.25, 0.3) is 0 Å². The lowest BCUT2D eigenvalue weighted by Gasteiger charge is -2.55. The molecule has 66 valence electrons. The molecule has 1 saturated carbocycles. The number of carboxylic acids is 1. The zero-order valence-corrected chi connectivity index (χ0v) is 7.50. The molecule has 0 amide bonds. The van der Waals surface area contributed by atoms with E-state index >= 15 is 0 Å². The van der Waals surface area contributed by atoms with Gasteiger partial charge in [0.2, 0.25) is 0 Å². The Kier molecular flexibility index (Phi) is 1.39. The quantitative estimate of drug-likeness (QED) is 0.647. The molecule has 0 aromatic carbocycles. The third-order valence-corrected chi connectivity index (χ3v) is 3.72. The van der Waals surface area contributed by atoms with Crippen molar-refractivity contribution >= 4 is 5.97 Å². The van der Waals surface area contributed by atoms with E-state index in [-0.39, 0.29) is 5.41 Å². The molecule has 0 unspecified atom stereocenters. The van der Waals surface area contributed by atoms with Crippen molar-refractivity contribution in [2.45, 2.75) is 26.7 Å². The van der Waals surface area contributed by atoms with Crippen LogP contribution in [-0.2, 0) is 4.79 Å². The number of rotatable bonds is 1. The van der Waals surface area contributed by atoms with E-state index in [0.29, 0.717) is 11.5 Å². The SMILES string of the molecule is CC1(C)[C@@H]2CC=C(C(=O)O)[C@H]1C2. The molecule has 0 radical (unpaired) electrons. The third kappa shape index (κ3) is 0.780. The van der Waals surface area contributed by atoms with Gasteiger partial charge in [0.1, 0.15) is 0 Å². The molecule has 12 heavy (non-hydrogen) atoms. The molecule has 3 aliphatic rings. The lowest BCUT2D eigenvalue weighted by Crippen LogP contribution is -2.49. The third-order valence-electron chi connectivity index (χ3n) is 3.72. The number of allylic oxidation sites excluding steroid dienone is 1. The van der Waals surface area contributed by atoms with Crippen LogP contribution in [0, 0.1) is 17.3 Å². The van der Waals surface area contributed by atoms with Crippen LogP contribution in [0.1, 0.15) is 26.7 Å². The van der Waals surface area contributed by atoms with Crippen LogP contribution < -0.4 is 0 Å². The Morgan fingerprint density at radius 2 is 2.33 bits per heavy atom. The molecule has 2 atom stereocenters. The van der Waals surface area contributed by atoms with Gasteiger partial charge in [-0.1, -0.05) is 19.9 Å². The molecule has 0 heterocycles. The van der Waals surface area contributed by atoms with Crippen molar-refractivity contribution in [1.82, 2.24) is 0 Å². The zero-order valence-electron chi connectivity index (χ0n) is 7.50. The second-order valence-electron chi connectivity index (χ2n) is 4.51. The van der Waals surface area contributed by atoms with Crippen molar-refractivity contribution < 1.29 is 9.90 Å². The molecule has 3 aliphatic carbocycles. The van der Waals surface area contributed by atoms with Crippen LogP contribution in [0.3, 0.4) is 0 Å². The molecule has 1 N–H and O–H groups in total. The van der Waals surface area contributed by atoms with Gasteiger partial charge in [-0.15, -0.1) is 0 Å². The first-order valence-corrected chi connectivity index (χ1v) is 4.47. The number of carboxylic acid groups (broad SMARTS) is 1. The van der Waals surface area contributed by atoms with Gasteiger partial charge in [0.25, 0.3) is 0 Å².